The third-order valence-electron chi connectivity index (χ3n) is 10.4. The summed E-state index contributed by atoms with van der Waals surface area (Å²) in [5, 5.41) is 28.6. The first kappa shape index (κ1) is 49.4. The summed E-state index contributed by atoms with van der Waals surface area (Å²) < 4.78 is 31.7. The van der Waals surface area contributed by atoms with Gasteiger partial charge in [0.05, 0.1) is 11.6 Å². The van der Waals surface area contributed by atoms with Crippen LogP contribution in [-0.4, -0.2) is 106 Å². The van der Waals surface area contributed by atoms with Gasteiger partial charge in [0.15, 0.2) is 11.6 Å². The van der Waals surface area contributed by atoms with E-state index < -0.39 is 48.1 Å². The Morgan fingerprint density at radius 3 is 1.97 bits per heavy atom. The van der Waals surface area contributed by atoms with E-state index in [1.165, 1.54) is 12.1 Å². The minimum atomic E-state index is -5.08. The van der Waals surface area contributed by atoms with Crippen LogP contribution in [0.2, 0.25) is 0 Å². The van der Waals surface area contributed by atoms with E-state index in [1.54, 1.807) is 59.5 Å². The van der Waals surface area contributed by atoms with Gasteiger partial charge in [-0.2, -0.15) is 13.2 Å². The number of amides is 4. The molecule has 1 heterocycles. The number of fused-ring (bicyclic) bond motifs is 2. The monoisotopic (exact) mass is 880 g/mol. The Morgan fingerprint density at radius 1 is 0.794 bits per heavy atom. The highest BCUT2D eigenvalue weighted by Crippen LogP contribution is 2.32. The summed E-state index contributed by atoms with van der Waals surface area (Å²) in [5.74, 6) is -4.60. The summed E-state index contributed by atoms with van der Waals surface area (Å²) in [4.78, 5) is 91.2. The first-order chi connectivity index (χ1) is 29.7. The van der Waals surface area contributed by atoms with Gasteiger partial charge in [0, 0.05) is 42.0 Å². The van der Waals surface area contributed by atoms with E-state index in [0.29, 0.717) is 79.7 Å². The van der Waals surface area contributed by atoms with Crippen molar-refractivity contribution in [1.82, 2.24) is 20.9 Å². The topological polar surface area (TPSA) is 237 Å². The molecule has 18 heteroatoms. The molecule has 15 nitrogen and oxygen atoms in total. The lowest BCUT2D eigenvalue weighted by atomic mass is 9.83. The maximum absolute atomic E-state index is 14.1. The Kier molecular flexibility index (Phi) is 17.4. The van der Waals surface area contributed by atoms with Crippen molar-refractivity contribution >= 4 is 46.9 Å². The predicted octanol–water partition coefficient (Wildman–Crippen LogP) is 4.34. The van der Waals surface area contributed by atoms with Gasteiger partial charge in [-0.3, -0.25) is 28.8 Å². The fourth-order valence-electron chi connectivity index (χ4n) is 7.36. The molecule has 63 heavy (non-hydrogen) atoms. The van der Waals surface area contributed by atoms with Gasteiger partial charge >= 0.3 is 12.1 Å². The Balaban J connectivity index is 0.00000115. The molecule has 0 unspecified atom stereocenters. The molecule has 0 bridgehead atoms. The van der Waals surface area contributed by atoms with Crippen LogP contribution in [-0.2, 0) is 30.4 Å². The lowest BCUT2D eigenvalue weighted by Crippen LogP contribution is -2.58. The molecule has 2 aliphatic rings. The minimum Gasteiger partial charge on any atom is -0.508 e. The number of carbonyl (C=O) groups excluding carboxylic acids is 6. The molecule has 1 saturated heterocycles. The highest BCUT2D eigenvalue weighted by Gasteiger charge is 2.40. The number of aliphatic carboxylic acids is 1. The Hall–Kier alpha value is -6.30. The number of carboxylic acid groups (broad SMARTS) is 1. The Labute approximate surface area is 363 Å². The number of halogens is 3. The van der Waals surface area contributed by atoms with Crippen molar-refractivity contribution in [2.75, 3.05) is 25.0 Å². The van der Waals surface area contributed by atoms with Gasteiger partial charge in [-0.1, -0.05) is 76.2 Å². The molecular weight excluding hydrogens is 826 g/mol. The number of phenols is 1. The molecule has 0 radical (unpaired) electrons. The number of hydrogen-bond acceptors (Lipinski definition) is 10. The van der Waals surface area contributed by atoms with E-state index in [2.05, 4.69) is 21.3 Å². The average molecular weight is 881 g/mol. The number of alkyl halides is 3. The molecule has 0 spiro atoms. The molecule has 0 aromatic heterocycles. The maximum atomic E-state index is 14.1. The van der Waals surface area contributed by atoms with Crippen molar-refractivity contribution in [3.05, 3.63) is 94.5 Å². The van der Waals surface area contributed by atoms with Crippen LogP contribution < -0.4 is 27.0 Å². The molecular formula is C45H55F3N6O9. The van der Waals surface area contributed by atoms with Crippen LogP contribution in [0.25, 0.3) is 0 Å². The lowest BCUT2D eigenvalue weighted by molar-refractivity contribution is -0.192. The number of ketones is 2. The highest BCUT2D eigenvalue weighted by molar-refractivity contribution is 6.30. The number of carbonyl (C=O) groups is 7. The van der Waals surface area contributed by atoms with Crippen LogP contribution in [0.15, 0.2) is 66.7 Å². The molecule has 5 rings (SSSR count). The third kappa shape index (κ3) is 13.6. The third-order valence-corrected chi connectivity index (χ3v) is 10.4. The quantitative estimate of drug-likeness (QED) is 0.0737. The van der Waals surface area contributed by atoms with Crippen LogP contribution in [0.1, 0.15) is 97.2 Å². The van der Waals surface area contributed by atoms with E-state index in [0.717, 1.165) is 5.56 Å². The first-order valence-corrected chi connectivity index (χ1v) is 20.8. The van der Waals surface area contributed by atoms with Crippen LogP contribution in [0.3, 0.4) is 0 Å². The number of aromatic hydroxyl groups is 1. The van der Waals surface area contributed by atoms with Gasteiger partial charge < -0.3 is 42.1 Å². The number of carboxylic acids is 1. The standard InChI is InChI=1S/C43H54N6O7.C2HF3O2/c1-25(2)22-34(47-40(53)32(44)24-27-15-17-28(50)18-16-27)41(54)48-35(23-26(3)4)43(56)49-21-8-14-36(49)42(55)46-20-9-19-45-33-13-7-12-31-37(33)39(52)30-11-6-5-10-29(30)38(31)51;3-2(4,5)1(6)7/h5-7,10-13,15-18,25-26,32,34-36,45,50H,8-9,14,19-24,44H2,1-4H3,(H,46,55)(H,47,53)(H,48,54);(H,6,7)/t32-,34-,35-,36-;/m0./s1. The van der Waals surface area contributed by atoms with E-state index in [9.17, 15) is 47.0 Å². The van der Waals surface area contributed by atoms with E-state index in [4.69, 9.17) is 15.6 Å². The van der Waals surface area contributed by atoms with Crippen LogP contribution in [0, 0.1) is 11.8 Å². The predicted molar refractivity (Wildman–Crippen MR) is 227 cm³/mol. The second-order valence-corrected chi connectivity index (χ2v) is 16.4. The zero-order valence-corrected chi connectivity index (χ0v) is 35.6. The number of phenolic OH excluding ortho intramolecular Hbond substituents is 1. The summed E-state index contributed by atoms with van der Waals surface area (Å²) in [6, 6.07) is 14.9. The molecule has 8 N–H and O–H groups in total. The smallest absolute Gasteiger partial charge is 0.490 e. The lowest BCUT2D eigenvalue weighted by Gasteiger charge is -2.31. The van der Waals surface area contributed by atoms with Crippen molar-refractivity contribution in [2.45, 2.75) is 96.6 Å². The second kappa shape index (κ2) is 22.2. The maximum Gasteiger partial charge on any atom is 0.490 e. The normalized spacial score (nSPS) is 15.9. The molecule has 1 aliphatic carbocycles. The zero-order chi connectivity index (χ0) is 46.6. The van der Waals surface area contributed by atoms with Gasteiger partial charge in [-0.05, 0) is 74.1 Å². The summed E-state index contributed by atoms with van der Waals surface area (Å²) in [7, 11) is 0. The average Bonchev–Trinajstić information content (AvgIpc) is 3.72. The summed E-state index contributed by atoms with van der Waals surface area (Å²) >= 11 is 0. The van der Waals surface area contributed by atoms with Crippen molar-refractivity contribution in [2.24, 2.45) is 17.6 Å². The van der Waals surface area contributed by atoms with Crippen molar-refractivity contribution < 1.29 is 56.9 Å². The second-order valence-electron chi connectivity index (χ2n) is 16.4. The molecule has 4 amide bonds. The fourth-order valence-corrected chi connectivity index (χ4v) is 7.36. The number of nitrogens with two attached hydrogens (primary N) is 1. The van der Waals surface area contributed by atoms with Gasteiger partial charge in [-0.15, -0.1) is 0 Å². The SMILES string of the molecule is CC(C)C[C@H](NC(=O)[C@@H](N)Cc1ccc(O)cc1)C(=O)N[C@@H](CC(C)C)C(=O)N1CCC[C@H]1C(=O)NCCCNc1cccc2c1C(=O)c1ccccc1C2=O.O=C(O)C(F)(F)F. The molecule has 0 saturated carbocycles. The molecule has 4 atom stereocenters. The van der Waals surface area contributed by atoms with Gasteiger partial charge in [0.2, 0.25) is 23.6 Å². The number of anilines is 1. The first-order valence-electron chi connectivity index (χ1n) is 20.8. The molecule has 3 aromatic carbocycles. The number of likely N-dealkylation sites (tertiary alicyclic amines) is 1. The van der Waals surface area contributed by atoms with Gasteiger partial charge in [0.1, 0.15) is 23.9 Å². The summed E-state index contributed by atoms with van der Waals surface area (Å²) in [5.41, 5.74) is 8.99. The van der Waals surface area contributed by atoms with E-state index in [-0.39, 0.29) is 47.4 Å². The largest absolute Gasteiger partial charge is 0.508 e. The minimum absolute atomic E-state index is 0.0434. The fraction of sp³-hybridized carbons (Fsp3) is 0.444. The van der Waals surface area contributed by atoms with Crippen LogP contribution in [0.4, 0.5) is 18.9 Å². The highest BCUT2D eigenvalue weighted by atomic mass is 19.4. The number of nitrogens with zero attached hydrogens (tertiary/aromatic N) is 1. The Bertz CT molecular complexity index is 2140. The van der Waals surface area contributed by atoms with Crippen LogP contribution >= 0.6 is 0 Å². The van der Waals surface area contributed by atoms with E-state index >= 15 is 0 Å². The Morgan fingerprint density at radius 2 is 1.37 bits per heavy atom. The van der Waals surface area contributed by atoms with Gasteiger partial charge in [0.25, 0.3) is 0 Å². The van der Waals surface area contributed by atoms with Crippen molar-refractivity contribution in [1.29, 1.82) is 0 Å². The zero-order valence-electron chi connectivity index (χ0n) is 35.6. The number of benzene rings is 3. The molecule has 340 valence electrons. The number of hydrogen-bond donors (Lipinski definition) is 7. The number of nitrogens with one attached hydrogen (secondary N) is 4. The molecule has 1 fully saturated rings. The van der Waals surface area contributed by atoms with Crippen molar-refractivity contribution in [3.8, 4) is 5.75 Å². The molecule has 3 aromatic rings. The van der Waals surface area contributed by atoms with Crippen LogP contribution in [0.5, 0.6) is 5.75 Å². The molecule has 1 aliphatic heterocycles. The number of rotatable bonds is 17. The van der Waals surface area contributed by atoms with Gasteiger partial charge in [-0.25, -0.2) is 4.79 Å². The van der Waals surface area contributed by atoms with E-state index in [1.807, 2.05) is 27.7 Å². The van der Waals surface area contributed by atoms with Crippen molar-refractivity contribution in [3.63, 3.8) is 0 Å². The summed E-state index contributed by atoms with van der Waals surface area (Å²) in [6.07, 6.45) is -2.58. The summed E-state index contributed by atoms with van der Waals surface area (Å²) in [6.45, 7) is 8.86.